The van der Waals surface area contributed by atoms with E-state index in [1.54, 1.807) is 0 Å². The van der Waals surface area contributed by atoms with Crippen molar-refractivity contribution in [3.05, 3.63) is 44.1 Å². The molecule has 2 aromatic rings. The zero-order valence-corrected chi connectivity index (χ0v) is 14.3. The topological polar surface area (TPSA) is 72.5 Å². The molecule has 5 nitrogen and oxygen atoms in total. The molecule has 0 unspecified atom stereocenters. The summed E-state index contributed by atoms with van der Waals surface area (Å²) in [6, 6.07) is 2.14. The molecule has 0 atom stereocenters. The summed E-state index contributed by atoms with van der Waals surface area (Å²) in [5, 5.41) is 0. The van der Waals surface area contributed by atoms with Gasteiger partial charge in [0, 0.05) is 6.07 Å². The fraction of sp³-hybridized carbons (Fsp3) is 0.0833. The predicted octanol–water partition coefficient (Wildman–Crippen LogP) is 3.92. The van der Waals surface area contributed by atoms with Crippen LogP contribution in [0, 0.1) is 11.6 Å². The molecular formula is C12H7Cl2F2NO4S2. The van der Waals surface area contributed by atoms with Gasteiger partial charge in [0.2, 0.25) is 0 Å². The second-order valence-corrected chi connectivity index (χ2v) is 8.03. The number of carbonyl (C=O) groups excluding carboxylic acids is 1. The number of hydrogen-bond acceptors (Lipinski definition) is 5. The van der Waals surface area contributed by atoms with Crippen LogP contribution in [0.25, 0.3) is 0 Å². The van der Waals surface area contributed by atoms with E-state index < -0.39 is 38.9 Å². The highest BCUT2D eigenvalue weighted by molar-refractivity contribution is 7.93. The van der Waals surface area contributed by atoms with Crippen LogP contribution in [0.1, 0.15) is 10.4 Å². The lowest BCUT2D eigenvalue weighted by molar-refractivity contribution is 0.0595. The first-order valence-corrected chi connectivity index (χ1v) is 8.76. The summed E-state index contributed by atoms with van der Waals surface area (Å²) in [5.41, 5.74) is -1.26. The quantitative estimate of drug-likeness (QED) is 0.787. The summed E-state index contributed by atoms with van der Waals surface area (Å²) in [4.78, 5) is 11.0. The second kappa shape index (κ2) is 6.60. The predicted molar refractivity (Wildman–Crippen MR) is 82.8 cm³/mol. The minimum atomic E-state index is -4.28. The molecule has 1 N–H and O–H groups in total. The Kier molecular flexibility index (Phi) is 5.14. The van der Waals surface area contributed by atoms with Crippen LogP contribution in [0.4, 0.5) is 14.5 Å². The number of ether oxygens (including phenoxy) is 1. The van der Waals surface area contributed by atoms with Crippen LogP contribution in [0.15, 0.2) is 23.1 Å². The van der Waals surface area contributed by atoms with Gasteiger partial charge in [-0.25, -0.2) is 22.0 Å². The number of anilines is 1. The molecule has 11 heteroatoms. The van der Waals surface area contributed by atoms with Gasteiger partial charge < -0.3 is 4.74 Å². The van der Waals surface area contributed by atoms with Gasteiger partial charge in [-0.3, -0.25) is 4.72 Å². The Morgan fingerprint density at radius 3 is 2.39 bits per heavy atom. The molecule has 1 heterocycles. The van der Waals surface area contributed by atoms with Gasteiger partial charge in [-0.05, 0) is 12.1 Å². The van der Waals surface area contributed by atoms with Crippen LogP contribution in [-0.4, -0.2) is 21.5 Å². The number of carbonyl (C=O) groups is 1. The molecule has 2 rings (SSSR count). The van der Waals surface area contributed by atoms with E-state index >= 15 is 0 Å². The monoisotopic (exact) mass is 401 g/mol. The number of rotatable bonds is 4. The van der Waals surface area contributed by atoms with E-state index in [1.807, 2.05) is 4.72 Å². The molecule has 0 bridgehead atoms. The maximum Gasteiger partial charge on any atom is 0.340 e. The Bertz CT molecular complexity index is 883. The van der Waals surface area contributed by atoms with E-state index in [4.69, 9.17) is 23.2 Å². The largest absolute Gasteiger partial charge is 0.465 e. The minimum absolute atomic E-state index is 0.116. The van der Waals surface area contributed by atoms with Gasteiger partial charge in [0.1, 0.15) is 20.9 Å². The van der Waals surface area contributed by atoms with Crippen molar-refractivity contribution in [2.24, 2.45) is 0 Å². The molecule has 0 radical (unpaired) electrons. The highest BCUT2D eigenvalue weighted by Crippen LogP contribution is 2.35. The normalized spacial score (nSPS) is 11.3. The lowest BCUT2D eigenvalue weighted by Gasteiger charge is -2.10. The number of benzene rings is 1. The Morgan fingerprint density at radius 2 is 1.87 bits per heavy atom. The fourth-order valence-corrected chi connectivity index (χ4v) is 4.81. The zero-order valence-electron chi connectivity index (χ0n) is 11.2. The molecule has 1 aromatic heterocycles. The summed E-state index contributed by atoms with van der Waals surface area (Å²) >= 11 is 12.2. The number of halogens is 4. The molecule has 0 amide bonds. The Balaban J connectivity index is 2.47. The van der Waals surface area contributed by atoms with Crippen molar-refractivity contribution in [2.75, 3.05) is 11.8 Å². The van der Waals surface area contributed by atoms with Gasteiger partial charge in [-0.1, -0.05) is 23.2 Å². The van der Waals surface area contributed by atoms with Crippen LogP contribution in [0.5, 0.6) is 0 Å². The van der Waals surface area contributed by atoms with E-state index in [0.717, 1.165) is 24.5 Å². The first-order valence-electron chi connectivity index (χ1n) is 5.70. The van der Waals surface area contributed by atoms with Crippen LogP contribution in [0.2, 0.25) is 8.67 Å². The van der Waals surface area contributed by atoms with Gasteiger partial charge in [-0.15, -0.1) is 11.3 Å². The van der Waals surface area contributed by atoms with Crippen molar-refractivity contribution in [3.63, 3.8) is 0 Å². The standard InChI is InChI=1S/C12H7Cl2F2NO4S2/c1-21-12(18)5-2-8(7(16)3-6(5)15)17-23(19,20)9-4-10(13)22-11(9)14/h2-4,17H,1H3. The van der Waals surface area contributed by atoms with E-state index in [1.165, 1.54) is 0 Å². The Labute approximate surface area is 143 Å². The van der Waals surface area contributed by atoms with Crippen molar-refractivity contribution < 1.29 is 26.7 Å². The molecule has 0 saturated carbocycles. The summed E-state index contributed by atoms with van der Waals surface area (Å²) < 4.78 is 57.9. The number of nitrogens with one attached hydrogen (secondary N) is 1. The number of methoxy groups -OCH3 is 1. The number of hydrogen-bond donors (Lipinski definition) is 1. The van der Waals surface area contributed by atoms with Gasteiger partial charge in [0.05, 0.1) is 22.7 Å². The van der Waals surface area contributed by atoms with Crippen molar-refractivity contribution in [1.82, 2.24) is 0 Å². The summed E-state index contributed by atoms with van der Waals surface area (Å²) in [6.45, 7) is 0. The third-order valence-corrected chi connectivity index (χ3v) is 5.74. The number of thiophene rings is 1. The number of sulfonamides is 1. The molecule has 0 fully saturated rings. The van der Waals surface area contributed by atoms with E-state index in [-0.39, 0.29) is 13.6 Å². The van der Waals surface area contributed by atoms with E-state index in [0.29, 0.717) is 12.1 Å². The highest BCUT2D eigenvalue weighted by Gasteiger charge is 2.24. The Hall–Kier alpha value is -1.42. The molecule has 124 valence electrons. The molecule has 0 spiro atoms. The number of esters is 1. The molecule has 0 aliphatic heterocycles. The van der Waals surface area contributed by atoms with E-state index in [9.17, 15) is 22.0 Å². The SMILES string of the molecule is COC(=O)c1cc(NS(=O)(=O)c2cc(Cl)sc2Cl)c(F)cc1F. The third-order valence-electron chi connectivity index (χ3n) is 2.62. The maximum atomic E-state index is 13.8. The maximum absolute atomic E-state index is 13.8. The average Bonchev–Trinajstić information content (AvgIpc) is 2.80. The van der Waals surface area contributed by atoms with Crippen LogP contribution < -0.4 is 4.72 Å². The summed E-state index contributed by atoms with van der Waals surface area (Å²) in [7, 11) is -3.28. The molecule has 0 aliphatic carbocycles. The molecular weight excluding hydrogens is 395 g/mol. The molecule has 0 aliphatic rings. The van der Waals surface area contributed by atoms with Crippen LogP contribution in [0.3, 0.4) is 0 Å². The van der Waals surface area contributed by atoms with Crippen molar-refractivity contribution >= 4 is 56.2 Å². The minimum Gasteiger partial charge on any atom is -0.465 e. The van der Waals surface area contributed by atoms with Crippen LogP contribution in [-0.2, 0) is 14.8 Å². The van der Waals surface area contributed by atoms with Crippen molar-refractivity contribution in [3.8, 4) is 0 Å². The van der Waals surface area contributed by atoms with Crippen molar-refractivity contribution in [2.45, 2.75) is 4.90 Å². The average molecular weight is 402 g/mol. The van der Waals surface area contributed by atoms with Gasteiger partial charge in [0.15, 0.2) is 0 Å². The Morgan fingerprint density at radius 1 is 1.22 bits per heavy atom. The third kappa shape index (κ3) is 3.74. The lowest BCUT2D eigenvalue weighted by atomic mass is 10.2. The van der Waals surface area contributed by atoms with E-state index in [2.05, 4.69) is 4.74 Å². The van der Waals surface area contributed by atoms with Gasteiger partial charge in [0.25, 0.3) is 10.0 Å². The molecule has 23 heavy (non-hydrogen) atoms. The van der Waals surface area contributed by atoms with Gasteiger partial charge >= 0.3 is 5.97 Å². The lowest BCUT2D eigenvalue weighted by Crippen LogP contribution is -2.15. The summed E-state index contributed by atoms with van der Waals surface area (Å²) in [5.74, 6) is -3.48. The van der Waals surface area contributed by atoms with Crippen molar-refractivity contribution in [1.29, 1.82) is 0 Å². The first-order chi connectivity index (χ1) is 10.7. The smallest absolute Gasteiger partial charge is 0.340 e. The first kappa shape index (κ1) is 17.9. The molecule has 0 saturated heterocycles. The van der Waals surface area contributed by atoms with Gasteiger partial charge in [-0.2, -0.15) is 0 Å². The summed E-state index contributed by atoms with van der Waals surface area (Å²) in [6.07, 6.45) is 0. The second-order valence-electron chi connectivity index (χ2n) is 4.10. The fourth-order valence-electron chi connectivity index (χ4n) is 1.60. The highest BCUT2D eigenvalue weighted by atomic mass is 35.5. The zero-order chi connectivity index (χ0) is 17.4. The van der Waals surface area contributed by atoms with Crippen LogP contribution >= 0.6 is 34.5 Å². The molecule has 1 aromatic carbocycles.